The number of carbonyl (C=O) groups is 1. The van der Waals surface area contributed by atoms with E-state index in [9.17, 15) is 4.79 Å². The van der Waals surface area contributed by atoms with E-state index < -0.39 is 0 Å². The molecule has 156 valence electrons. The number of nitrogens with one attached hydrogen (secondary N) is 1. The van der Waals surface area contributed by atoms with Gasteiger partial charge in [-0.25, -0.2) is 4.98 Å². The molecule has 0 bridgehead atoms. The van der Waals surface area contributed by atoms with Gasteiger partial charge >= 0.3 is 0 Å². The zero-order valence-corrected chi connectivity index (χ0v) is 18.2. The summed E-state index contributed by atoms with van der Waals surface area (Å²) in [6.07, 6.45) is 2.06. The van der Waals surface area contributed by atoms with Crippen LogP contribution in [0.4, 0.5) is 5.82 Å². The van der Waals surface area contributed by atoms with Crippen LogP contribution >= 0.6 is 11.3 Å². The Hall–Kier alpha value is -3.45. The molecular formula is C24H22N4O2S. The molecule has 1 aliphatic heterocycles. The Bertz CT molecular complexity index is 1320. The molecule has 1 atom stereocenters. The molecule has 4 aromatic rings. The van der Waals surface area contributed by atoms with Gasteiger partial charge in [0, 0.05) is 23.5 Å². The lowest BCUT2D eigenvalue weighted by Crippen LogP contribution is -2.25. The molecule has 1 aliphatic rings. The largest absolute Gasteiger partial charge is 0.489 e. The molecular weight excluding hydrogens is 408 g/mol. The molecule has 1 amide bonds. The SMILES string of the molecule is C=CCOc1ccccc1[C@H]1CC(=O)Nc2c1c(C)nn2-c1nc2ccc(C)cc2s1. The molecule has 6 nitrogen and oxygen atoms in total. The average Bonchev–Trinajstić information content (AvgIpc) is 3.32. The summed E-state index contributed by atoms with van der Waals surface area (Å²) in [7, 11) is 0. The number of hydrogen-bond donors (Lipinski definition) is 1. The van der Waals surface area contributed by atoms with Gasteiger partial charge in [-0.1, -0.05) is 48.3 Å². The first-order valence-electron chi connectivity index (χ1n) is 10.1. The van der Waals surface area contributed by atoms with Crippen molar-refractivity contribution in [3.8, 4) is 10.9 Å². The lowest BCUT2D eigenvalue weighted by atomic mass is 9.85. The van der Waals surface area contributed by atoms with E-state index in [1.54, 1.807) is 22.1 Å². The van der Waals surface area contributed by atoms with Crippen LogP contribution in [0.3, 0.4) is 0 Å². The molecule has 2 aromatic carbocycles. The first kappa shape index (κ1) is 19.5. The molecule has 2 aromatic heterocycles. The third kappa shape index (κ3) is 3.41. The summed E-state index contributed by atoms with van der Waals surface area (Å²) in [5.41, 5.74) is 4.96. The smallest absolute Gasteiger partial charge is 0.226 e. The highest BCUT2D eigenvalue weighted by Gasteiger charge is 2.34. The Morgan fingerprint density at radius 1 is 1.29 bits per heavy atom. The molecule has 31 heavy (non-hydrogen) atoms. The van der Waals surface area contributed by atoms with Crippen LogP contribution in [-0.4, -0.2) is 27.3 Å². The van der Waals surface area contributed by atoms with Crippen molar-refractivity contribution in [2.45, 2.75) is 26.2 Å². The lowest BCUT2D eigenvalue weighted by molar-refractivity contribution is -0.116. The first-order valence-corrected chi connectivity index (χ1v) is 11.0. The average molecular weight is 431 g/mol. The maximum absolute atomic E-state index is 12.7. The number of hydrogen-bond acceptors (Lipinski definition) is 5. The van der Waals surface area contributed by atoms with E-state index in [1.165, 1.54) is 5.56 Å². The number of rotatable bonds is 5. The number of fused-ring (bicyclic) bond motifs is 2. The zero-order valence-electron chi connectivity index (χ0n) is 17.4. The number of aryl methyl sites for hydroxylation is 2. The summed E-state index contributed by atoms with van der Waals surface area (Å²) in [4.78, 5) is 17.5. The van der Waals surface area contributed by atoms with E-state index in [4.69, 9.17) is 14.8 Å². The number of para-hydroxylation sites is 1. The van der Waals surface area contributed by atoms with Crippen LogP contribution < -0.4 is 10.1 Å². The summed E-state index contributed by atoms with van der Waals surface area (Å²) in [6.45, 7) is 8.18. The maximum atomic E-state index is 12.7. The van der Waals surface area contributed by atoms with Gasteiger partial charge in [-0.15, -0.1) is 0 Å². The fourth-order valence-electron chi connectivity index (χ4n) is 4.11. The summed E-state index contributed by atoms with van der Waals surface area (Å²) in [6, 6.07) is 14.0. The van der Waals surface area contributed by atoms with Crippen LogP contribution in [0.2, 0.25) is 0 Å². The quantitative estimate of drug-likeness (QED) is 0.445. The van der Waals surface area contributed by atoms with E-state index in [0.717, 1.165) is 37.9 Å². The summed E-state index contributed by atoms with van der Waals surface area (Å²) in [5, 5.41) is 8.55. The highest BCUT2D eigenvalue weighted by molar-refractivity contribution is 7.20. The van der Waals surface area contributed by atoms with Crippen molar-refractivity contribution in [3.05, 3.63) is 77.5 Å². The minimum atomic E-state index is -0.143. The lowest BCUT2D eigenvalue weighted by Gasteiger charge is -2.25. The monoisotopic (exact) mass is 430 g/mol. The maximum Gasteiger partial charge on any atom is 0.226 e. The minimum absolute atomic E-state index is 0.0471. The van der Waals surface area contributed by atoms with Gasteiger partial charge < -0.3 is 10.1 Å². The number of ether oxygens (including phenoxy) is 1. The Labute approximate surface area is 184 Å². The number of amides is 1. The van der Waals surface area contributed by atoms with Crippen LogP contribution in [0.25, 0.3) is 15.3 Å². The Kier molecular flexibility index (Phi) is 4.82. The number of benzene rings is 2. The molecule has 5 rings (SSSR count). The number of aromatic nitrogens is 3. The molecule has 7 heteroatoms. The highest BCUT2D eigenvalue weighted by Crippen LogP contribution is 2.43. The Balaban J connectivity index is 1.64. The van der Waals surface area contributed by atoms with Crippen molar-refractivity contribution in [1.29, 1.82) is 0 Å². The second kappa shape index (κ2) is 7.67. The molecule has 0 fully saturated rings. The van der Waals surface area contributed by atoms with E-state index in [1.807, 2.05) is 43.3 Å². The van der Waals surface area contributed by atoms with E-state index in [0.29, 0.717) is 18.8 Å². The van der Waals surface area contributed by atoms with Crippen LogP contribution in [0, 0.1) is 13.8 Å². The Morgan fingerprint density at radius 2 is 2.13 bits per heavy atom. The summed E-state index contributed by atoms with van der Waals surface area (Å²) in [5.74, 6) is 1.26. The zero-order chi connectivity index (χ0) is 21.5. The third-order valence-corrected chi connectivity index (χ3v) is 6.46. The van der Waals surface area contributed by atoms with Crippen LogP contribution in [0.1, 0.15) is 34.7 Å². The molecule has 0 saturated heterocycles. The standard InChI is InChI=1S/C24H22N4O2S/c1-4-11-30-19-8-6-5-7-16(19)17-13-21(29)26-23-22(17)15(3)27-28(23)24-25-18-10-9-14(2)12-20(18)31-24/h4-10,12,17H,1,11,13H2,2-3H3,(H,26,29)/t17-/m1/s1. The molecule has 3 heterocycles. The molecule has 0 spiro atoms. The van der Waals surface area contributed by atoms with E-state index in [2.05, 4.69) is 24.9 Å². The van der Waals surface area contributed by atoms with Gasteiger partial charge in [0.05, 0.1) is 15.9 Å². The van der Waals surface area contributed by atoms with Crippen LogP contribution in [0.15, 0.2) is 55.1 Å². The van der Waals surface area contributed by atoms with E-state index >= 15 is 0 Å². The van der Waals surface area contributed by atoms with Crippen molar-refractivity contribution < 1.29 is 9.53 Å². The fraction of sp³-hybridized carbons (Fsp3) is 0.208. The van der Waals surface area contributed by atoms with Crippen molar-refractivity contribution in [3.63, 3.8) is 0 Å². The van der Waals surface area contributed by atoms with Gasteiger partial charge in [-0.05, 0) is 37.6 Å². The summed E-state index contributed by atoms with van der Waals surface area (Å²) >= 11 is 1.57. The van der Waals surface area contributed by atoms with Gasteiger partial charge in [-0.3, -0.25) is 4.79 Å². The van der Waals surface area contributed by atoms with Gasteiger partial charge in [0.25, 0.3) is 0 Å². The molecule has 0 unspecified atom stereocenters. The number of carbonyl (C=O) groups excluding carboxylic acids is 1. The van der Waals surface area contributed by atoms with Crippen LogP contribution in [0.5, 0.6) is 5.75 Å². The van der Waals surface area contributed by atoms with Gasteiger partial charge in [0.15, 0.2) is 0 Å². The van der Waals surface area contributed by atoms with Crippen molar-refractivity contribution >= 4 is 33.3 Å². The first-order chi connectivity index (χ1) is 15.0. The van der Waals surface area contributed by atoms with Crippen molar-refractivity contribution in [1.82, 2.24) is 14.8 Å². The third-order valence-electron chi connectivity index (χ3n) is 5.47. The minimum Gasteiger partial charge on any atom is -0.489 e. The normalized spacial score (nSPS) is 15.5. The van der Waals surface area contributed by atoms with Gasteiger partial charge in [0.2, 0.25) is 11.0 Å². The second-order valence-corrected chi connectivity index (χ2v) is 8.68. The molecule has 0 aliphatic carbocycles. The van der Waals surface area contributed by atoms with Gasteiger partial charge in [0.1, 0.15) is 18.2 Å². The highest BCUT2D eigenvalue weighted by atomic mass is 32.1. The predicted octanol–water partition coefficient (Wildman–Crippen LogP) is 5.14. The van der Waals surface area contributed by atoms with E-state index in [-0.39, 0.29) is 11.8 Å². The van der Waals surface area contributed by atoms with Crippen LogP contribution in [-0.2, 0) is 4.79 Å². The number of nitrogens with zero attached hydrogens (tertiary/aromatic N) is 3. The van der Waals surface area contributed by atoms with Gasteiger partial charge in [-0.2, -0.15) is 9.78 Å². The predicted molar refractivity (Wildman–Crippen MR) is 123 cm³/mol. The fourth-order valence-corrected chi connectivity index (χ4v) is 5.13. The topological polar surface area (TPSA) is 69.0 Å². The number of thiazole rings is 1. The molecule has 0 radical (unpaired) electrons. The van der Waals surface area contributed by atoms with Crippen molar-refractivity contribution in [2.75, 3.05) is 11.9 Å². The molecule has 0 saturated carbocycles. The number of anilines is 1. The van der Waals surface area contributed by atoms with Crippen molar-refractivity contribution in [2.24, 2.45) is 0 Å². The molecule has 1 N–H and O–H groups in total. The second-order valence-electron chi connectivity index (χ2n) is 7.67. The summed E-state index contributed by atoms with van der Waals surface area (Å²) < 4.78 is 8.75. The Morgan fingerprint density at radius 3 is 2.97 bits per heavy atom.